The Balaban J connectivity index is 1.04. The molecule has 0 bridgehead atoms. The van der Waals surface area contributed by atoms with Gasteiger partial charge < -0.3 is 14.4 Å². The molecule has 0 saturated carbocycles. The number of fused-ring (bicyclic) bond motifs is 6. The minimum Gasteiger partial charge on any atom is -0.310 e. The Hall–Kier alpha value is -10.2. The van der Waals surface area contributed by atoms with Gasteiger partial charge in [0.25, 0.3) is 0 Å². The minimum atomic E-state index is 1.03. The van der Waals surface area contributed by atoms with Gasteiger partial charge in [-0.15, -0.1) is 0 Å². The molecule has 13 aromatic carbocycles. The second-order valence-corrected chi connectivity index (χ2v) is 19.7. The van der Waals surface area contributed by atoms with Crippen LogP contribution in [0, 0.1) is 0 Å². The third kappa shape index (κ3) is 8.47. The minimum absolute atomic E-state index is 1.03. The normalized spacial score (nSPS) is 11.4. The van der Waals surface area contributed by atoms with Crippen LogP contribution in [-0.4, -0.2) is 4.57 Å². The first kappa shape index (κ1) is 45.4. The molecule has 0 saturated heterocycles. The van der Waals surface area contributed by atoms with Gasteiger partial charge in [-0.05, 0) is 163 Å². The van der Waals surface area contributed by atoms with Crippen molar-refractivity contribution in [1.82, 2.24) is 4.57 Å². The Labute approximate surface area is 449 Å². The lowest BCUT2D eigenvalue weighted by molar-refractivity contribution is 1.18. The van der Waals surface area contributed by atoms with Crippen molar-refractivity contribution >= 4 is 77.5 Å². The molecule has 14 aromatic rings. The zero-order valence-corrected chi connectivity index (χ0v) is 42.3. The van der Waals surface area contributed by atoms with E-state index in [0.717, 1.165) is 56.5 Å². The highest BCUT2D eigenvalue weighted by Crippen LogP contribution is 2.47. The van der Waals surface area contributed by atoms with E-state index >= 15 is 0 Å². The number of aromatic nitrogens is 1. The zero-order valence-electron chi connectivity index (χ0n) is 42.3. The van der Waals surface area contributed by atoms with E-state index in [1.54, 1.807) is 0 Å². The molecule has 0 aliphatic rings. The lowest BCUT2D eigenvalue weighted by Crippen LogP contribution is -2.14. The fourth-order valence-corrected chi connectivity index (χ4v) is 11.5. The summed E-state index contributed by atoms with van der Waals surface area (Å²) >= 11 is 0. The molecule has 3 nitrogen and oxygen atoms in total. The van der Waals surface area contributed by atoms with Gasteiger partial charge in [0.05, 0.1) is 11.0 Å². The summed E-state index contributed by atoms with van der Waals surface area (Å²) in [5.74, 6) is 0. The maximum Gasteiger partial charge on any atom is 0.0542 e. The molecule has 362 valence electrons. The zero-order chi connectivity index (χ0) is 51.1. The van der Waals surface area contributed by atoms with Crippen LogP contribution in [0.5, 0.6) is 0 Å². The number of hydrogen-bond acceptors (Lipinski definition) is 2. The third-order valence-corrected chi connectivity index (χ3v) is 15.1. The summed E-state index contributed by atoms with van der Waals surface area (Å²) in [7, 11) is 0. The Morgan fingerprint density at radius 2 is 0.597 bits per heavy atom. The molecule has 1 aromatic heterocycles. The van der Waals surface area contributed by atoms with Crippen molar-refractivity contribution in [3.63, 3.8) is 0 Å². The fourth-order valence-electron chi connectivity index (χ4n) is 11.5. The average Bonchev–Trinajstić information content (AvgIpc) is 3.86. The lowest BCUT2D eigenvalue weighted by atomic mass is 9.92. The molecule has 0 aliphatic heterocycles. The van der Waals surface area contributed by atoms with Crippen LogP contribution in [0.1, 0.15) is 0 Å². The van der Waals surface area contributed by atoms with Crippen molar-refractivity contribution in [3.05, 3.63) is 309 Å². The van der Waals surface area contributed by atoms with Crippen LogP contribution in [0.15, 0.2) is 309 Å². The van der Waals surface area contributed by atoms with Crippen LogP contribution in [0.25, 0.3) is 93.5 Å². The predicted octanol–water partition coefficient (Wildman–Crippen LogP) is 20.7. The molecule has 0 aliphatic carbocycles. The van der Waals surface area contributed by atoms with Crippen LogP contribution >= 0.6 is 0 Å². The highest BCUT2D eigenvalue weighted by atomic mass is 15.2. The number of anilines is 6. The van der Waals surface area contributed by atoms with E-state index in [0.29, 0.717) is 0 Å². The molecule has 0 amide bonds. The SMILES string of the molecule is c1ccc(-c2ccc(N(c3ccc(-c4ccccc4)cc3)c3cc(-c4cc5ccccc5c5ccccc45)cc(N(c4ccc(-c5ccccc5)cc4)c4ccc5c(c4)c4ccccc4n5-c4ccccc4)c3)cc2)cc1. The lowest BCUT2D eigenvalue weighted by Gasteiger charge is -2.31. The topological polar surface area (TPSA) is 11.4 Å². The summed E-state index contributed by atoms with van der Waals surface area (Å²) in [5.41, 5.74) is 19.0. The van der Waals surface area contributed by atoms with Crippen LogP contribution in [-0.2, 0) is 0 Å². The van der Waals surface area contributed by atoms with Crippen molar-refractivity contribution in [3.8, 4) is 50.2 Å². The molecule has 77 heavy (non-hydrogen) atoms. The first-order chi connectivity index (χ1) is 38.2. The van der Waals surface area contributed by atoms with Crippen LogP contribution in [0.2, 0.25) is 0 Å². The Morgan fingerprint density at radius 3 is 1.13 bits per heavy atom. The predicted molar refractivity (Wildman–Crippen MR) is 327 cm³/mol. The number of para-hydroxylation sites is 2. The Bertz CT molecular complexity index is 4310. The number of hydrogen-bond donors (Lipinski definition) is 0. The molecule has 1 heterocycles. The summed E-state index contributed by atoms with van der Waals surface area (Å²) < 4.78 is 2.39. The van der Waals surface area contributed by atoms with Crippen molar-refractivity contribution in [2.24, 2.45) is 0 Å². The van der Waals surface area contributed by atoms with Gasteiger partial charge in [-0.25, -0.2) is 0 Å². The van der Waals surface area contributed by atoms with E-state index in [2.05, 4.69) is 324 Å². The summed E-state index contributed by atoms with van der Waals surface area (Å²) in [6.45, 7) is 0. The smallest absolute Gasteiger partial charge is 0.0542 e. The monoisotopic (exact) mass is 981 g/mol. The third-order valence-electron chi connectivity index (χ3n) is 15.1. The largest absolute Gasteiger partial charge is 0.310 e. The van der Waals surface area contributed by atoms with Gasteiger partial charge in [-0.1, -0.05) is 212 Å². The van der Waals surface area contributed by atoms with E-state index in [9.17, 15) is 0 Å². The van der Waals surface area contributed by atoms with Crippen molar-refractivity contribution in [1.29, 1.82) is 0 Å². The van der Waals surface area contributed by atoms with Crippen molar-refractivity contribution < 1.29 is 0 Å². The van der Waals surface area contributed by atoms with E-state index < -0.39 is 0 Å². The standard InChI is InChI=1S/C74H51N3/c1-5-19-52(20-6-1)55-33-39-61(40-34-55)75(62-41-35-56(36-42-62)53-21-7-2-8-22-53)65-47-59(71-49-58-25-13-14-28-67(58)68-29-15-16-30-69(68)71)48-66(50-65)76(63-43-37-57(38-44-63)54-23-9-3-10-24-54)64-45-46-74-72(51-64)70-31-17-18-32-73(70)77(74)60-26-11-4-12-27-60/h1-51H. The molecule has 0 fully saturated rings. The molecule has 3 heteroatoms. The summed E-state index contributed by atoms with van der Waals surface area (Å²) in [6.07, 6.45) is 0. The molecule has 14 rings (SSSR count). The van der Waals surface area contributed by atoms with Gasteiger partial charge in [-0.2, -0.15) is 0 Å². The molecular formula is C74H51N3. The average molecular weight is 982 g/mol. The highest BCUT2D eigenvalue weighted by Gasteiger charge is 2.23. The van der Waals surface area contributed by atoms with E-state index in [1.807, 2.05) is 0 Å². The molecule has 0 spiro atoms. The van der Waals surface area contributed by atoms with Gasteiger partial charge in [0.2, 0.25) is 0 Å². The first-order valence-electron chi connectivity index (χ1n) is 26.4. The van der Waals surface area contributed by atoms with E-state index in [4.69, 9.17) is 0 Å². The van der Waals surface area contributed by atoms with Crippen LogP contribution in [0.3, 0.4) is 0 Å². The van der Waals surface area contributed by atoms with Crippen molar-refractivity contribution in [2.75, 3.05) is 9.80 Å². The number of nitrogens with zero attached hydrogens (tertiary/aromatic N) is 3. The highest BCUT2D eigenvalue weighted by molar-refractivity contribution is 6.14. The van der Waals surface area contributed by atoms with E-state index in [1.165, 1.54) is 71.2 Å². The molecule has 0 radical (unpaired) electrons. The molecular weight excluding hydrogens is 931 g/mol. The maximum absolute atomic E-state index is 2.45. The van der Waals surface area contributed by atoms with Gasteiger partial charge in [0, 0.05) is 50.6 Å². The molecule has 0 N–H and O–H groups in total. The molecule has 0 unspecified atom stereocenters. The van der Waals surface area contributed by atoms with E-state index in [-0.39, 0.29) is 0 Å². The second-order valence-electron chi connectivity index (χ2n) is 19.7. The van der Waals surface area contributed by atoms with Crippen LogP contribution < -0.4 is 9.80 Å². The Kier molecular flexibility index (Phi) is 11.5. The van der Waals surface area contributed by atoms with Crippen LogP contribution in [0.4, 0.5) is 34.1 Å². The fraction of sp³-hybridized carbons (Fsp3) is 0. The van der Waals surface area contributed by atoms with Crippen molar-refractivity contribution in [2.45, 2.75) is 0 Å². The Morgan fingerprint density at radius 1 is 0.208 bits per heavy atom. The first-order valence-corrected chi connectivity index (χ1v) is 26.4. The van der Waals surface area contributed by atoms with Gasteiger partial charge >= 0.3 is 0 Å². The quantitative estimate of drug-likeness (QED) is 0.120. The van der Waals surface area contributed by atoms with Gasteiger partial charge in [0.1, 0.15) is 0 Å². The van der Waals surface area contributed by atoms with Gasteiger partial charge in [-0.3, -0.25) is 0 Å². The number of benzene rings is 13. The van der Waals surface area contributed by atoms with Gasteiger partial charge in [0.15, 0.2) is 0 Å². The molecule has 0 atom stereocenters. The second kappa shape index (κ2) is 19.6. The summed E-state index contributed by atoms with van der Waals surface area (Å²) in [4.78, 5) is 4.88. The summed E-state index contributed by atoms with van der Waals surface area (Å²) in [5, 5.41) is 7.26. The summed E-state index contributed by atoms with van der Waals surface area (Å²) in [6, 6.07) is 113. The maximum atomic E-state index is 2.45. The number of rotatable bonds is 11.